The summed E-state index contributed by atoms with van der Waals surface area (Å²) in [6, 6.07) is 6.72. The maximum absolute atomic E-state index is 11.0. The highest BCUT2D eigenvalue weighted by Gasteiger charge is 2.15. The summed E-state index contributed by atoms with van der Waals surface area (Å²) in [6.45, 7) is 2.53. The van der Waals surface area contributed by atoms with Crippen LogP contribution in [0.15, 0.2) is 30.5 Å². The van der Waals surface area contributed by atoms with E-state index in [-0.39, 0.29) is 5.69 Å². The van der Waals surface area contributed by atoms with Gasteiger partial charge in [-0.25, -0.2) is 4.98 Å². The molecule has 0 N–H and O–H groups in total. The molecule has 88 valence electrons. The fourth-order valence-electron chi connectivity index (χ4n) is 1.59. The zero-order valence-corrected chi connectivity index (χ0v) is 9.42. The minimum atomic E-state index is -0.436. The molecular weight excluding hydrogens is 220 g/mol. The van der Waals surface area contributed by atoms with Gasteiger partial charge in [0.25, 0.3) is 5.69 Å². The van der Waals surface area contributed by atoms with Gasteiger partial charge in [-0.05, 0) is 18.6 Å². The quantitative estimate of drug-likeness (QED) is 0.600. The molecule has 0 fully saturated rings. The molecule has 0 radical (unpaired) electrons. The first-order chi connectivity index (χ1) is 8.22. The summed E-state index contributed by atoms with van der Waals surface area (Å²) in [5, 5.41) is 11.7. The number of hydrogen-bond donors (Lipinski definition) is 0. The summed E-state index contributed by atoms with van der Waals surface area (Å²) < 4.78 is 5.42. The number of nitrogens with zero attached hydrogens (tertiary/aromatic N) is 2. The fraction of sp³-hybridized carbons (Fsp3) is 0.250. The van der Waals surface area contributed by atoms with E-state index >= 15 is 0 Å². The lowest BCUT2D eigenvalue weighted by Gasteiger charge is -2.06. The third-order valence-corrected chi connectivity index (χ3v) is 2.33. The van der Waals surface area contributed by atoms with E-state index in [1.165, 1.54) is 6.07 Å². The minimum Gasteiger partial charge on any atom is -0.493 e. The van der Waals surface area contributed by atoms with Crippen LogP contribution in [0.3, 0.4) is 0 Å². The molecule has 0 unspecified atom stereocenters. The van der Waals surface area contributed by atoms with Gasteiger partial charge in [-0.3, -0.25) is 10.1 Å². The number of aromatic nitrogens is 1. The largest absolute Gasteiger partial charge is 0.493 e. The van der Waals surface area contributed by atoms with Gasteiger partial charge in [0.05, 0.1) is 17.6 Å². The molecule has 2 rings (SSSR count). The van der Waals surface area contributed by atoms with Crippen LogP contribution in [0.1, 0.15) is 13.3 Å². The van der Waals surface area contributed by atoms with Crippen LogP contribution in [0.25, 0.3) is 10.9 Å². The first-order valence-electron chi connectivity index (χ1n) is 5.38. The van der Waals surface area contributed by atoms with Crippen molar-refractivity contribution in [1.29, 1.82) is 0 Å². The summed E-state index contributed by atoms with van der Waals surface area (Å²) >= 11 is 0. The number of hydrogen-bond acceptors (Lipinski definition) is 4. The first kappa shape index (κ1) is 11.3. The molecule has 0 bridgehead atoms. The summed E-state index contributed by atoms with van der Waals surface area (Å²) in [4.78, 5) is 14.5. The molecule has 0 saturated carbocycles. The topological polar surface area (TPSA) is 65.3 Å². The zero-order chi connectivity index (χ0) is 12.3. The van der Waals surface area contributed by atoms with Crippen molar-refractivity contribution in [3.8, 4) is 5.75 Å². The van der Waals surface area contributed by atoms with Gasteiger partial charge >= 0.3 is 0 Å². The van der Waals surface area contributed by atoms with E-state index < -0.39 is 4.92 Å². The average molecular weight is 232 g/mol. The van der Waals surface area contributed by atoms with Crippen molar-refractivity contribution in [2.24, 2.45) is 0 Å². The summed E-state index contributed by atoms with van der Waals surface area (Å²) in [5.41, 5.74) is 0.371. The number of nitro benzene ring substituents is 1. The van der Waals surface area contributed by atoms with Crippen molar-refractivity contribution in [2.45, 2.75) is 13.3 Å². The molecule has 0 aliphatic heterocycles. The molecular formula is C12H12N2O3. The van der Waals surface area contributed by atoms with Crippen molar-refractivity contribution in [3.05, 3.63) is 40.6 Å². The second kappa shape index (κ2) is 4.78. The van der Waals surface area contributed by atoms with E-state index in [2.05, 4.69) is 4.98 Å². The molecule has 2 aromatic rings. The van der Waals surface area contributed by atoms with Crippen molar-refractivity contribution in [1.82, 2.24) is 4.98 Å². The summed E-state index contributed by atoms with van der Waals surface area (Å²) in [6.07, 6.45) is 2.40. The third-order valence-electron chi connectivity index (χ3n) is 2.33. The van der Waals surface area contributed by atoms with Gasteiger partial charge < -0.3 is 4.74 Å². The van der Waals surface area contributed by atoms with Crippen LogP contribution in [-0.4, -0.2) is 16.5 Å². The molecule has 1 aromatic carbocycles. The van der Waals surface area contributed by atoms with Gasteiger partial charge in [0.15, 0.2) is 0 Å². The predicted molar refractivity (Wildman–Crippen MR) is 64.2 cm³/mol. The lowest BCUT2D eigenvalue weighted by Crippen LogP contribution is -1.97. The Morgan fingerprint density at radius 2 is 2.29 bits per heavy atom. The van der Waals surface area contributed by atoms with Crippen molar-refractivity contribution >= 4 is 16.6 Å². The van der Waals surface area contributed by atoms with Crippen LogP contribution in [0, 0.1) is 10.1 Å². The van der Waals surface area contributed by atoms with Crippen LogP contribution in [0.5, 0.6) is 5.75 Å². The van der Waals surface area contributed by atoms with E-state index in [9.17, 15) is 10.1 Å². The van der Waals surface area contributed by atoms with Crippen LogP contribution in [0.2, 0.25) is 0 Å². The molecule has 0 spiro atoms. The SMILES string of the molecule is CCCOc1cc([N+](=O)[O-])c2ncccc2c1. The maximum Gasteiger partial charge on any atom is 0.299 e. The number of nitro groups is 1. The Hall–Kier alpha value is -2.17. The Morgan fingerprint density at radius 3 is 3.00 bits per heavy atom. The van der Waals surface area contributed by atoms with Crippen LogP contribution in [0.4, 0.5) is 5.69 Å². The Morgan fingerprint density at radius 1 is 1.47 bits per heavy atom. The maximum atomic E-state index is 11.0. The second-order valence-corrected chi connectivity index (χ2v) is 3.62. The molecule has 5 heteroatoms. The molecule has 0 saturated heterocycles. The van der Waals surface area contributed by atoms with Gasteiger partial charge in [0.1, 0.15) is 11.3 Å². The number of rotatable bonds is 4. The fourth-order valence-corrected chi connectivity index (χ4v) is 1.59. The van der Waals surface area contributed by atoms with Crippen LogP contribution in [-0.2, 0) is 0 Å². The minimum absolute atomic E-state index is 0.0193. The van der Waals surface area contributed by atoms with Crippen LogP contribution < -0.4 is 4.74 Å². The highest BCUT2D eigenvalue weighted by Crippen LogP contribution is 2.29. The predicted octanol–water partition coefficient (Wildman–Crippen LogP) is 2.93. The standard InChI is InChI=1S/C12H12N2O3/c1-2-6-17-10-7-9-4-3-5-13-12(9)11(8-10)14(15)16/h3-5,7-8H,2,6H2,1H3. The first-order valence-corrected chi connectivity index (χ1v) is 5.38. The highest BCUT2D eigenvalue weighted by atomic mass is 16.6. The number of ether oxygens (including phenoxy) is 1. The van der Waals surface area contributed by atoms with E-state index in [1.807, 2.05) is 6.92 Å². The van der Waals surface area contributed by atoms with Crippen molar-refractivity contribution < 1.29 is 9.66 Å². The van der Waals surface area contributed by atoms with Crippen molar-refractivity contribution in [3.63, 3.8) is 0 Å². The molecule has 1 aromatic heterocycles. The second-order valence-electron chi connectivity index (χ2n) is 3.62. The third kappa shape index (κ3) is 2.33. The molecule has 0 atom stereocenters. The molecule has 17 heavy (non-hydrogen) atoms. The lowest BCUT2D eigenvalue weighted by atomic mass is 10.2. The van der Waals surface area contributed by atoms with E-state index in [0.717, 1.165) is 6.42 Å². The Bertz CT molecular complexity index is 554. The van der Waals surface area contributed by atoms with Gasteiger partial charge in [-0.15, -0.1) is 0 Å². The molecule has 1 heterocycles. The highest BCUT2D eigenvalue weighted by molar-refractivity contribution is 5.88. The van der Waals surface area contributed by atoms with Gasteiger partial charge in [0, 0.05) is 11.6 Å². The summed E-state index contributed by atoms with van der Waals surface area (Å²) in [5.74, 6) is 0.513. The van der Waals surface area contributed by atoms with Gasteiger partial charge in [0.2, 0.25) is 0 Å². The molecule has 5 nitrogen and oxygen atoms in total. The van der Waals surface area contributed by atoms with E-state index in [1.54, 1.807) is 24.4 Å². The zero-order valence-electron chi connectivity index (χ0n) is 9.42. The number of benzene rings is 1. The number of pyridine rings is 1. The number of fused-ring (bicyclic) bond motifs is 1. The monoisotopic (exact) mass is 232 g/mol. The average Bonchev–Trinajstić information content (AvgIpc) is 2.35. The lowest BCUT2D eigenvalue weighted by molar-refractivity contribution is -0.383. The Balaban J connectivity index is 2.55. The Labute approximate surface area is 98.2 Å². The molecule has 0 aliphatic carbocycles. The van der Waals surface area contributed by atoms with E-state index in [4.69, 9.17) is 4.74 Å². The normalized spacial score (nSPS) is 10.4. The van der Waals surface area contributed by atoms with E-state index in [0.29, 0.717) is 23.3 Å². The van der Waals surface area contributed by atoms with Crippen LogP contribution >= 0.6 is 0 Å². The number of non-ortho nitro benzene ring substituents is 1. The molecule has 0 aliphatic rings. The van der Waals surface area contributed by atoms with Gasteiger partial charge in [-0.2, -0.15) is 0 Å². The van der Waals surface area contributed by atoms with Crippen molar-refractivity contribution in [2.75, 3.05) is 6.61 Å². The smallest absolute Gasteiger partial charge is 0.299 e. The summed E-state index contributed by atoms with van der Waals surface area (Å²) in [7, 11) is 0. The Kier molecular flexibility index (Phi) is 3.18. The molecule has 0 amide bonds. The van der Waals surface area contributed by atoms with Gasteiger partial charge in [-0.1, -0.05) is 13.0 Å².